The maximum atomic E-state index is 11.2. The summed E-state index contributed by atoms with van der Waals surface area (Å²) in [5.41, 5.74) is 2.33. The van der Waals surface area contributed by atoms with Gasteiger partial charge in [-0.05, 0) is 73.7 Å². The largest absolute Gasteiger partial charge is 0.495 e. The van der Waals surface area contributed by atoms with E-state index < -0.39 is 5.97 Å². The molecule has 0 aromatic heterocycles. The third-order valence-electron chi connectivity index (χ3n) is 5.34. The molecule has 2 aliphatic rings. The van der Waals surface area contributed by atoms with Crippen molar-refractivity contribution in [2.24, 2.45) is 0 Å². The number of nitrogens with one attached hydrogen (secondary N) is 1. The lowest BCUT2D eigenvalue weighted by Gasteiger charge is -2.22. The molecule has 0 atom stereocenters. The maximum absolute atomic E-state index is 11.2. The van der Waals surface area contributed by atoms with Crippen LogP contribution in [-0.2, 0) is 4.74 Å². The minimum Gasteiger partial charge on any atom is -0.495 e. The van der Waals surface area contributed by atoms with Gasteiger partial charge in [0.25, 0.3) is 0 Å². The van der Waals surface area contributed by atoms with Gasteiger partial charge in [0.1, 0.15) is 11.8 Å². The van der Waals surface area contributed by atoms with Crippen LogP contribution in [0.2, 0.25) is 5.02 Å². The molecule has 2 aromatic rings. The molecule has 164 valence electrons. The molecule has 0 unspecified atom stereocenters. The Labute approximate surface area is 191 Å². The molecule has 0 saturated heterocycles. The highest BCUT2D eigenvalue weighted by Gasteiger charge is 2.27. The van der Waals surface area contributed by atoms with E-state index in [0.717, 1.165) is 23.3 Å². The van der Waals surface area contributed by atoms with Gasteiger partial charge in [0.2, 0.25) is 0 Å². The van der Waals surface area contributed by atoms with Crippen molar-refractivity contribution >= 4 is 35.2 Å². The van der Waals surface area contributed by atoms with Gasteiger partial charge in [0.15, 0.2) is 0 Å². The van der Waals surface area contributed by atoms with E-state index in [0.29, 0.717) is 34.0 Å². The topological polar surface area (TPSA) is 91.6 Å². The van der Waals surface area contributed by atoms with Gasteiger partial charge in [0, 0.05) is 18.1 Å². The number of carboxylic acid groups (broad SMARTS) is 1. The molecule has 2 saturated carbocycles. The summed E-state index contributed by atoms with van der Waals surface area (Å²) in [6, 6.07) is 10.4. The molecule has 0 bridgehead atoms. The van der Waals surface area contributed by atoms with Crippen LogP contribution in [0, 0.1) is 11.3 Å². The normalized spacial score (nSPS) is 15.2. The maximum Gasteiger partial charge on any atom is 0.335 e. The minimum atomic E-state index is -0.958. The third-order valence-corrected chi connectivity index (χ3v) is 6.55. The van der Waals surface area contributed by atoms with Gasteiger partial charge >= 0.3 is 5.97 Å². The zero-order chi connectivity index (χ0) is 22.4. The summed E-state index contributed by atoms with van der Waals surface area (Å²) >= 11 is 7.33. The molecule has 4 rings (SSSR count). The van der Waals surface area contributed by atoms with Crippen LogP contribution in [0.25, 0.3) is 0 Å². The number of halogens is 1. The number of ether oxygens (including phenoxy) is 2. The van der Waals surface area contributed by atoms with E-state index in [1.54, 1.807) is 31.4 Å². The highest BCUT2D eigenvalue weighted by Crippen LogP contribution is 2.45. The van der Waals surface area contributed by atoms with Crippen LogP contribution in [0.5, 0.6) is 5.75 Å². The van der Waals surface area contributed by atoms with Gasteiger partial charge in [0.05, 0.1) is 35.1 Å². The standard InChI is InChI=1S/C18H15ClN2O3S.C5H10O/c1-24-16-8-14(19)12(9-20)6-15(16)21-25-17-7-11(18(22)23)4-5-13(17)10-2-3-10;1-6-5-3-2-4-5/h4-8,10,21H,2-3H2,1H3,(H,22,23);5H,2-4H2,1H3. The monoisotopic (exact) mass is 460 g/mol. The molecule has 2 fully saturated rings. The van der Waals surface area contributed by atoms with E-state index in [4.69, 9.17) is 26.3 Å². The van der Waals surface area contributed by atoms with Crippen LogP contribution in [-0.4, -0.2) is 31.4 Å². The predicted octanol–water partition coefficient (Wildman–Crippen LogP) is 6.10. The van der Waals surface area contributed by atoms with Crippen molar-refractivity contribution in [3.05, 3.63) is 52.0 Å². The van der Waals surface area contributed by atoms with Gasteiger partial charge in [-0.3, -0.25) is 0 Å². The van der Waals surface area contributed by atoms with Crippen molar-refractivity contribution in [2.75, 3.05) is 18.9 Å². The van der Waals surface area contributed by atoms with E-state index in [-0.39, 0.29) is 5.56 Å². The van der Waals surface area contributed by atoms with E-state index >= 15 is 0 Å². The van der Waals surface area contributed by atoms with Crippen molar-refractivity contribution in [2.45, 2.75) is 49.0 Å². The molecule has 0 spiro atoms. The van der Waals surface area contributed by atoms with Crippen molar-refractivity contribution < 1.29 is 19.4 Å². The summed E-state index contributed by atoms with van der Waals surface area (Å²) in [5.74, 6) is 0.0350. The number of aromatic carboxylic acids is 1. The number of nitrogens with zero attached hydrogens (tertiary/aromatic N) is 1. The molecular formula is C23H25ClN2O4S. The lowest BCUT2D eigenvalue weighted by Crippen LogP contribution is -2.18. The summed E-state index contributed by atoms with van der Waals surface area (Å²) in [6.07, 6.45) is 6.79. The van der Waals surface area contributed by atoms with Crippen molar-refractivity contribution in [1.82, 2.24) is 0 Å². The zero-order valence-corrected chi connectivity index (χ0v) is 19.1. The lowest BCUT2D eigenvalue weighted by molar-refractivity contribution is 0.0412. The van der Waals surface area contributed by atoms with Crippen molar-refractivity contribution in [1.29, 1.82) is 5.26 Å². The van der Waals surface area contributed by atoms with Gasteiger partial charge in [-0.1, -0.05) is 17.7 Å². The zero-order valence-electron chi connectivity index (χ0n) is 17.5. The van der Waals surface area contributed by atoms with E-state index in [2.05, 4.69) is 4.72 Å². The molecule has 0 radical (unpaired) electrons. The first-order valence-electron chi connectivity index (χ1n) is 10.1. The highest BCUT2D eigenvalue weighted by atomic mass is 35.5. The van der Waals surface area contributed by atoms with Gasteiger partial charge in [-0.2, -0.15) is 5.26 Å². The quantitative estimate of drug-likeness (QED) is 0.482. The Morgan fingerprint density at radius 2 is 1.97 bits per heavy atom. The van der Waals surface area contributed by atoms with Crippen molar-refractivity contribution in [3.63, 3.8) is 0 Å². The summed E-state index contributed by atoms with van der Waals surface area (Å²) in [7, 11) is 3.30. The second-order valence-corrected chi connectivity index (χ2v) is 8.72. The Kier molecular flexibility index (Phi) is 8.08. The highest BCUT2D eigenvalue weighted by molar-refractivity contribution is 8.00. The third kappa shape index (κ3) is 6.07. The second-order valence-electron chi connectivity index (χ2n) is 7.47. The Morgan fingerprint density at radius 3 is 2.45 bits per heavy atom. The van der Waals surface area contributed by atoms with Crippen LogP contribution < -0.4 is 9.46 Å². The number of rotatable bonds is 7. The van der Waals surface area contributed by atoms with E-state index in [1.807, 2.05) is 12.1 Å². The molecule has 2 aromatic carbocycles. The summed E-state index contributed by atoms with van der Waals surface area (Å²) in [6.45, 7) is 0. The van der Waals surface area contributed by atoms with Crippen LogP contribution in [0.15, 0.2) is 35.2 Å². The SMILES string of the molecule is COC1CCC1.COc1cc(Cl)c(C#N)cc1NSc1cc(C(=O)O)ccc1C1CC1. The molecular weight excluding hydrogens is 436 g/mol. The molecule has 0 amide bonds. The van der Waals surface area contributed by atoms with Gasteiger partial charge in [-0.25, -0.2) is 4.79 Å². The number of benzene rings is 2. The Morgan fingerprint density at radius 1 is 1.23 bits per heavy atom. The molecule has 0 aliphatic heterocycles. The molecule has 31 heavy (non-hydrogen) atoms. The summed E-state index contributed by atoms with van der Waals surface area (Å²) < 4.78 is 13.4. The van der Waals surface area contributed by atoms with Crippen LogP contribution in [0.3, 0.4) is 0 Å². The Bertz CT molecular complexity index is 982. The predicted molar refractivity (Wildman–Crippen MR) is 122 cm³/mol. The number of hydrogen-bond acceptors (Lipinski definition) is 6. The smallest absolute Gasteiger partial charge is 0.335 e. The van der Waals surface area contributed by atoms with E-state index in [9.17, 15) is 9.90 Å². The number of methoxy groups -OCH3 is 2. The lowest BCUT2D eigenvalue weighted by atomic mass is 9.96. The first-order valence-corrected chi connectivity index (χ1v) is 11.3. The van der Waals surface area contributed by atoms with Crippen molar-refractivity contribution in [3.8, 4) is 11.8 Å². The Balaban J connectivity index is 0.000000391. The number of hydrogen-bond donors (Lipinski definition) is 2. The molecule has 0 heterocycles. The summed E-state index contributed by atoms with van der Waals surface area (Å²) in [4.78, 5) is 12.1. The molecule has 8 heteroatoms. The molecule has 2 N–H and O–H groups in total. The van der Waals surface area contributed by atoms with Gasteiger partial charge in [-0.15, -0.1) is 0 Å². The molecule has 6 nitrogen and oxygen atoms in total. The number of anilines is 1. The fourth-order valence-corrected chi connectivity index (χ4v) is 4.21. The fourth-order valence-electron chi connectivity index (χ4n) is 3.09. The van der Waals surface area contributed by atoms with Crippen LogP contribution in [0.4, 0.5) is 5.69 Å². The summed E-state index contributed by atoms with van der Waals surface area (Å²) in [5, 5.41) is 18.7. The minimum absolute atomic E-state index is 0.245. The second kappa shape index (κ2) is 10.8. The first kappa shape index (κ1) is 23.3. The first-order chi connectivity index (χ1) is 15.0. The fraction of sp³-hybridized carbons (Fsp3) is 0.391. The number of carboxylic acids is 1. The van der Waals surface area contributed by atoms with E-state index in [1.165, 1.54) is 38.3 Å². The average Bonchev–Trinajstić information content (AvgIpc) is 3.57. The number of carbonyl (C=O) groups is 1. The Hall–Kier alpha value is -2.40. The van der Waals surface area contributed by atoms with Crippen LogP contribution >= 0.6 is 23.5 Å². The van der Waals surface area contributed by atoms with Gasteiger partial charge < -0.3 is 19.3 Å². The number of nitriles is 1. The molecule has 2 aliphatic carbocycles. The van der Waals surface area contributed by atoms with Crippen LogP contribution in [0.1, 0.15) is 59.5 Å². The average molecular weight is 461 g/mol.